The molecule has 1 aromatic carbocycles. The molecule has 8 nitrogen and oxygen atoms in total. The average molecular weight is 548 g/mol. The molecule has 5 rings (SSSR count). The van der Waals surface area contributed by atoms with E-state index in [9.17, 15) is 9.59 Å². The lowest BCUT2D eigenvalue weighted by molar-refractivity contribution is -0.124. The van der Waals surface area contributed by atoms with Crippen LogP contribution in [0.1, 0.15) is 32.3 Å². The molecule has 196 valence electrons. The zero-order valence-corrected chi connectivity index (χ0v) is 23.1. The monoisotopic (exact) mass is 547 g/mol. The molecule has 0 aliphatic carbocycles. The van der Waals surface area contributed by atoms with E-state index in [1.165, 1.54) is 12.8 Å². The summed E-state index contributed by atoms with van der Waals surface area (Å²) >= 11 is 3.12. The third-order valence-electron chi connectivity index (χ3n) is 6.32. The molecule has 4 aromatic rings. The molecule has 0 saturated carbocycles. The maximum atomic E-state index is 12.4. The molecule has 2 amide bonds. The van der Waals surface area contributed by atoms with E-state index in [0.717, 1.165) is 49.9 Å². The molecule has 4 heterocycles. The minimum atomic E-state index is -0.457. The summed E-state index contributed by atoms with van der Waals surface area (Å²) in [5.41, 5.74) is 2.60. The number of carbonyl (C=O) groups excluding carboxylic acids is 2. The standard InChI is InChI=1S/C28H29N5O3S2/c1-4-5-12-29-13-14-36-19-10-8-18(9-11-19)23-16(2)21-25(30-22-17(3)26(34)33-27(22)35)31-24(32-28(21)38-23)20-7-6-15-37-20/h6-11,15,29H,4-5,12-14H2,1-3H3,(H2,30,31,32,33,34,35). The first kappa shape index (κ1) is 26.0. The van der Waals surface area contributed by atoms with Gasteiger partial charge in [0.25, 0.3) is 11.8 Å². The molecule has 38 heavy (non-hydrogen) atoms. The van der Waals surface area contributed by atoms with Gasteiger partial charge in [0.1, 0.15) is 28.7 Å². The summed E-state index contributed by atoms with van der Waals surface area (Å²) < 4.78 is 5.88. The first-order valence-corrected chi connectivity index (χ1v) is 14.3. The summed E-state index contributed by atoms with van der Waals surface area (Å²) in [6.07, 6.45) is 2.35. The Hall–Kier alpha value is -3.60. The second kappa shape index (κ2) is 11.4. The molecule has 0 saturated heterocycles. The molecule has 0 spiro atoms. The number of rotatable bonds is 11. The number of hydrogen-bond donors (Lipinski definition) is 3. The van der Waals surface area contributed by atoms with Gasteiger partial charge in [-0.2, -0.15) is 0 Å². The van der Waals surface area contributed by atoms with Crippen molar-refractivity contribution in [2.45, 2.75) is 33.6 Å². The minimum Gasteiger partial charge on any atom is -0.492 e. The third kappa shape index (κ3) is 5.33. The second-order valence-electron chi connectivity index (χ2n) is 8.99. The van der Waals surface area contributed by atoms with Gasteiger partial charge < -0.3 is 15.4 Å². The lowest BCUT2D eigenvalue weighted by Crippen LogP contribution is -2.24. The topological polar surface area (TPSA) is 105 Å². The highest BCUT2D eigenvalue weighted by atomic mass is 32.1. The SMILES string of the molecule is CCCCNCCOc1ccc(-c2sc3nc(-c4cccs4)nc(NC4=C(C)C(=O)NC4=O)c3c2C)cc1. The quantitative estimate of drug-likeness (QED) is 0.168. The number of thiophene rings is 2. The number of anilines is 1. The molecule has 0 bridgehead atoms. The second-order valence-corrected chi connectivity index (χ2v) is 10.9. The Kier molecular flexibility index (Phi) is 7.82. The lowest BCUT2D eigenvalue weighted by atomic mass is 10.1. The third-order valence-corrected chi connectivity index (χ3v) is 8.42. The Bertz CT molecular complexity index is 1510. The van der Waals surface area contributed by atoms with Crippen molar-refractivity contribution in [2.75, 3.05) is 25.0 Å². The highest BCUT2D eigenvalue weighted by Crippen LogP contribution is 2.42. The van der Waals surface area contributed by atoms with Crippen molar-refractivity contribution >= 4 is 50.5 Å². The van der Waals surface area contributed by atoms with Crippen molar-refractivity contribution in [1.82, 2.24) is 20.6 Å². The van der Waals surface area contributed by atoms with E-state index in [-0.39, 0.29) is 5.70 Å². The van der Waals surface area contributed by atoms with Gasteiger partial charge in [-0.25, -0.2) is 9.97 Å². The van der Waals surface area contributed by atoms with Gasteiger partial charge in [-0.15, -0.1) is 22.7 Å². The number of carbonyl (C=O) groups is 2. The normalized spacial score (nSPS) is 13.4. The fourth-order valence-electron chi connectivity index (χ4n) is 4.20. The summed E-state index contributed by atoms with van der Waals surface area (Å²) in [4.78, 5) is 36.9. The number of imide groups is 1. The number of aromatic nitrogens is 2. The van der Waals surface area contributed by atoms with E-state index in [2.05, 4.69) is 22.9 Å². The molecule has 0 atom stereocenters. The lowest BCUT2D eigenvalue weighted by Gasteiger charge is -2.10. The summed E-state index contributed by atoms with van der Waals surface area (Å²) in [5, 5.41) is 11.7. The van der Waals surface area contributed by atoms with Crippen molar-refractivity contribution < 1.29 is 14.3 Å². The Morgan fingerprint density at radius 3 is 2.53 bits per heavy atom. The molecule has 3 N–H and O–H groups in total. The highest BCUT2D eigenvalue weighted by Gasteiger charge is 2.29. The fourth-order valence-corrected chi connectivity index (χ4v) is 6.05. The summed E-state index contributed by atoms with van der Waals surface area (Å²) in [7, 11) is 0. The molecule has 0 radical (unpaired) electrons. The van der Waals surface area contributed by atoms with Crippen LogP contribution in [-0.2, 0) is 9.59 Å². The van der Waals surface area contributed by atoms with Crippen molar-refractivity contribution in [2.24, 2.45) is 0 Å². The first-order valence-electron chi connectivity index (χ1n) is 12.6. The molecular weight excluding hydrogens is 518 g/mol. The number of nitrogens with one attached hydrogen (secondary N) is 3. The number of ether oxygens (including phenoxy) is 1. The van der Waals surface area contributed by atoms with Crippen molar-refractivity contribution in [1.29, 1.82) is 0 Å². The van der Waals surface area contributed by atoms with Crippen LogP contribution >= 0.6 is 22.7 Å². The van der Waals surface area contributed by atoms with Crippen LogP contribution in [-0.4, -0.2) is 41.5 Å². The van der Waals surface area contributed by atoms with Gasteiger partial charge in [-0.3, -0.25) is 14.9 Å². The fraction of sp³-hybridized carbons (Fsp3) is 0.286. The van der Waals surface area contributed by atoms with E-state index in [4.69, 9.17) is 14.7 Å². The van der Waals surface area contributed by atoms with Crippen LogP contribution in [0.15, 0.2) is 53.0 Å². The predicted molar refractivity (Wildman–Crippen MR) is 154 cm³/mol. The number of nitrogens with zero attached hydrogens (tertiary/aromatic N) is 2. The van der Waals surface area contributed by atoms with Crippen LogP contribution in [0.2, 0.25) is 0 Å². The smallest absolute Gasteiger partial charge is 0.275 e. The summed E-state index contributed by atoms with van der Waals surface area (Å²) in [5.74, 6) is 1.05. The maximum Gasteiger partial charge on any atom is 0.275 e. The molecule has 3 aromatic heterocycles. The minimum absolute atomic E-state index is 0.213. The van der Waals surface area contributed by atoms with E-state index < -0.39 is 11.8 Å². The summed E-state index contributed by atoms with van der Waals surface area (Å²) in [6, 6.07) is 12.0. The highest BCUT2D eigenvalue weighted by molar-refractivity contribution is 7.22. The van der Waals surface area contributed by atoms with Crippen LogP contribution in [0.4, 0.5) is 5.82 Å². The van der Waals surface area contributed by atoms with E-state index in [1.807, 2.05) is 48.7 Å². The number of benzene rings is 1. The van der Waals surface area contributed by atoms with Crippen LogP contribution in [0.3, 0.4) is 0 Å². The van der Waals surface area contributed by atoms with Gasteiger partial charge in [-0.05, 0) is 73.7 Å². The number of unbranched alkanes of at least 4 members (excludes halogenated alkanes) is 1. The van der Waals surface area contributed by atoms with Gasteiger partial charge in [0.05, 0.1) is 10.3 Å². The molecule has 10 heteroatoms. The van der Waals surface area contributed by atoms with Gasteiger partial charge in [0.15, 0.2) is 5.82 Å². The van der Waals surface area contributed by atoms with Gasteiger partial charge >= 0.3 is 0 Å². The zero-order chi connectivity index (χ0) is 26.6. The molecule has 0 fully saturated rings. The van der Waals surface area contributed by atoms with Crippen molar-refractivity contribution in [3.63, 3.8) is 0 Å². The van der Waals surface area contributed by atoms with Crippen molar-refractivity contribution in [3.8, 4) is 26.9 Å². The Morgan fingerprint density at radius 1 is 1.03 bits per heavy atom. The average Bonchev–Trinajstić information content (AvgIpc) is 3.62. The molecular formula is C28H29N5O3S2. The maximum absolute atomic E-state index is 12.4. The van der Waals surface area contributed by atoms with E-state index >= 15 is 0 Å². The predicted octanol–water partition coefficient (Wildman–Crippen LogP) is 5.51. The van der Waals surface area contributed by atoms with Gasteiger partial charge in [0.2, 0.25) is 0 Å². The Labute approximate surface area is 229 Å². The van der Waals surface area contributed by atoms with Crippen LogP contribution in [0.25, 0.3) is 31.4 Å². The van der Waals surface area contributed by atoms with Crippen LogP contribution < -0.4 is 20.7 Å². The largest absolute Gasteiger partial charge is 0.492 e. The molecule has 1 aliphatic rings. The molecule has 0 unspecified atom stereocenters. The Balaban J connectivity index is 1.46. The van der Waals surface area contributed by atoms with Crippen LogP contribution in [0.5, 0.6) is 5.75 Å². The van der Waals surface area contributed by atoms with E-state index in [0.29, 0.717) is 23.8 Å². The first-order chi connectivity index (χ1) is 18.5. The van der Waals surface area contributed by atoms with Crippen LogP contribution in [0, 0.1) is 6.92 Å². The van der Waals surface area contributed by atoms with Crippen molar-refractivity contribution in [3.05, 3.63) is 58.6 Å². The molecule has 1 aliphatic heterocycles. The summed E-state index contributed by atoms with van der Waals surface area (Å²) in [6.45, 7) is 8.28. The van der Waals surface area contributed by atoms with Gasteiger partial charge in [-0.1, -0.05) is 19.4 Å². The zero-order valence-electron chi connectivity index (χ0n) is 21.5. The van der Waals surface area contributed by atoms with E-state index in [1.54, 1.807) is 29.6 Å². The van der Waals surface area contributed by atoms with Gasteiger partial charge in [0, 0.05) is 17.0 Å². The number of fused-ring (bicyclic) bond motifs is 1. The Morgan fingerprint density at radius 2 is 1.84 bits per heavy atom. The number of hydrogen-bond acceptors (Lipinski definition) is 9. The number of amides is 2. The number of aryl methyl sites for hydroxylation is 1.